The number of hydrogen-bond donors (Lipinski definition) is 1. The van der Waals surface area contributed by atoms with Crippen molar-refractivity contribution in [1.29, 1.82) is 10.5 Å². The fourth-order valence-electron chi connectivity index (χ4n) is 6.29. The zero-order valence-electron chi connectivity index (χ0n) is 25.4. The molecule has 0 atom stereocenters. The summed E-state index contributed by atoms with van der Waals surface area (Å²) in [5, 5.41) is 22.0. The number of nitriles is 2. The van der Waals surface area contributed by atoms with Crippen LogP contribution in [0.1, 0.15) is 41.5 Å². The van der Waals surface area contributed by atoms with Crippen molar-refractivity contribution in [2.45, 2.75) is 37.9 Å². The lowest BCUT2D eigenvalue weighted by molar-refractivity contribution is -0.137. The molecule has 6 rings (SSSR count). The molecular weight excluding hydrogens is 640 g/mol. The third-order valence-electron chi connectivity index (χ3n) is 8.90. The number of aryl methyl sites for hydroxylation is 1. The van der Waals surface area contributed by atoms with Crippen molar-refractivity contribution in [3.05, 3.63) is 82.9 Å². The number of hydrogen-bond acceptors (Lipinski definition) is 6. The molecule has 0 amide bonds. The van der Waals surface area contributed by atoms with Gasteiger partial charge in [0.1, 0.15) is 11.4 Å². The van der Waals surface area contributed by atoms with Gasteiger partial charge in [0.05, 0.1) is 28.8 Å². The zero-order chi connectivity index (χ0) is 33.5. The molecule has 2 radical (unpaired) electrons. The Morgan fingerprint density at radius 2 is 1.53 bits per heavy atom. The molecule has 47 heavy (non-hydrogen) atoms. The van der Waals surface area contributed by atoms with E-state index in [1.807, 2.05) is 34.8 Å². The number of alkyl halides is 3. The molecule has 2 saturated heterocycles. The summed E-state index contributed by atoms with van der Waals surface area (Å²) in [6.07, 6.45) is -2.38. The summed E-state index contributed by atoms with van der Waals surface area (Å²) in [6.45, 7) is 5.02. The molecule has 1 N–H and O–H groups in total. The number of rotatable bonds is 4. The first-order valence-electron chi connectivity index (χ1n) is 15.0. The van der Waals surface area contributed by atoms with Gasteiger partial charge in [-0.2, -0.15) is 23.7 Å². The molecule has 1 spiro atoms. The first kappa shape index (κ1) is 32.4. The Labute approximate surface area is 283 Å². The van der Waals surface area contributed by atoms with Gasteiger partial charge in [0.15, 0.2) is 18.2 Å². The van der Waals surface area contributed by atoms with E-state index in [-0.39, 0.29) is 10.8 Å². The van der Waals surface area contributed by atoms with Gasteiger partial charge in [0.2, 0.25) is 0 Å². The second-order valence-corrected chi connectivity index (χ2v) is 12.5. The molecule has 3 aromatic rings. The van der Waals surface area contributed by atoms with Crippen molar-refractivity contribution in [3.8, 4) is 12.1 Å². The van der Waals surface area contributed by atoms with Crippen molar-refractivity contribution in [1.82, 2.24) is 4.81 Å². The predicted octanol–water partition coefficient (Wildman–Crippen LogP) is 6.29. The second-order valence-electron chi connectivity index (χ2n) is 11.7. The smallest absolute Gasteiger partial charge is 0.369 e. The minimum Gasteiger partial charge on any atom is -0.369 e. The fraction of sp³-hybridized carbons (Fsp3) is 0.303. The van der Waals surface area contributed by atoms with Crippen molar-refractivity contribution < 1.29 is 13.2 Å². The Morgan fingerprint density at radius 3 is 2.11 bits per heavy atom. The quantitative estimate of drug-likeness (QED) is 0.255. The third kappa shape index (κ3) is 6.05. The molecule has 14 heteroatoms. The lowest BCUT2D eigenvalue weighted by atomic mass is 9.74. The van der Waals surface area contributed by atoms with Gasteiger partial charge in [0.25, 0.3) is 0 Å². The summed E-state index contributed by atoms with van der Waals surface area (Å²) >= 11 is 11.8. The van der Waals surface area contributed by atoms with E-state index in [0.717, 1.165) is 74.5 Å². The molecule has 0 unspecified atom stereocenters. The van der Waals surface area contributed by atoms with Gasteiger partial charge in [-0.1, -0.05) is 0 Å². The van der Waals surface area contributed by atoms with Crippen LogP contribution in [0, 0.1) is 29.6 Å². The van der Waals surface area contributed by atoms with Crippen LogP contribution in [0.4, 0.5) is 35.9 Å². The number of piperazine rings is 1. The standard InChI is InChI=1S/C33H28BF3N8S2/c1-21-17-27(6-4-22(21)19-38)44-29(41-30(46)40-24-5-3-23(20-39)28(18-24)33(35,36)37)32(11-2-12-32)45(31(44)47)26-9-7-25(8-10-26)42-13-15-43(34)16-14-42/h3-10,17-18H,2,11-16H2,1H3,(H,40,46). The third-order valence-corrected chi connectivity index (χ3v) is 9.46. The molecule has 8 nitrogen and oxygen atoms in total. The van der Waals surface area contributed by atoms with Crippen molar-refractivity contribution in [3.63, 3.8) is 0 Å². The van der Waals surface area contributed by atoms with Gasteiger partial charge in [-0.05, 0) is 117 Å². The maximum atomic E-state index is 13.7. The van der Waals surface area contributed by atoms with Gasteiger partial charge >= 0.3 is 6.18 Å². The Hall–Kier alpha value is -4.50. The normalized spacial score (nSPS) is 18.6. The van der Waals surface area contributed by atoms with Crippen LogP contribution in [0.5, 0.6) is 0 Å². The van der Waals surface area contributed by atoms with E-state index in [2.05, 4.69) is 33.3 Å². The molecule has 3 fully saturated rings. The first-order chi connectivity index (χ1) is 22.4. The topological polar surface area (TPSA) is 84.9 Å². The summed E-state index contributed by atoms with van der Waals surface area (Å²) < 4.78 is 41.0. The average molecular weight is 669 g/mol. The van der Waals surface area contributed by atoms with E-state index in [4.69, 9.17) is 37.4 Å². The lowest BCUT2D eigenvalue weighted by Crippen LogP contribution is -2.55. The second kappa shape index (κ2) is 12.6. The van der Waals surface area contributed by atoms with E-state index in [1.54, 1.807) is 18.2 Å². The highest BCUT2D eigenvalue weighted by Crippen LogP contribution is 2.49. The Balaban J connectivity index is 1.39. The monoisotopic (exact) mass is 668 g/mol. The number of nitrogens with one attached hydrogen (secondary N) is 1. The van der Waals surface area contributed by atoms with Crippen LogP contribution in [0.2, 0.25) is 0 Å². The number of aliphatic imine (C=N–C) groups is 1. The highest BCUT2D eigenvalue weighted by molar-refractivity contribution is 7.81. The largest absolute Gasteiger partial charge is 0.417 e. The molecule has 1 saturated carbocycles. The highest BCUT2D eigenvalue weighted by atomic mass is 32.1. The van der Waals surface area contributed by atoms with Gasteiger partial charge in [-0.25, -0.2) is 4.99 Å². The molecule has 1 aliphatic carbocycles. The lowest BCUT2D eigenvalue weighted by Gasteiger charge is -2.45. The molecule has 2 aliphatic heterocycles. The molecule has 3 aliphatic rings. The van der Waals surface area contributed by atoms with Crippen LogP contribution in [0.3, 0.4) is 0 Å². The van der Waals surface area contributed by atoms with Gasteiger partial charge in [-0.15, -0.1) is 0 Å². The minimum absolute atomic E-state index is 0.0533. The number of thiocarbonyl (C=S) groups is 2. The van der Waals surface area contributed by atoms with Gasteiger partial charge < -0.3 is 19.9 Å². The van der Waals surface area contributed by atoms with E-state index in [9.17, 15) is 23.7 Å². The van der Waals surface area contributed by atoms with Gasteiger partial charge in [-0.3, -0.25) is 4.90 Å². The van der Waals surface area contributed by atoms with E-state index in [1.165, 1.54) is 6.07 Å². The number of amidine groups is 1. The van der Waals surface area contributed by atoms with E-state index < -0.39 is 22.8 Å². The number of nitrogens with zero attached hydrogens (tertiary/aromatic N) is 7. The summed E-state index contributed by atoms with van der Waals surface area (Å²) in [5.41, 5.74) is 1.77. The van der Waals surface area contributed by atoms with Crippen LogP contribution in [0.25, 0.3) is 0 Å². The van der Waals surface area contributed by atoms with E-state index >= 15 is 0 Å². The Bertz CT molecular complexity index is 1850. The molecule has 236 valence electrons. The van der Waals surface area contributed by atoms with E-state index in [0.29, 0.717) is 22.2 Å². The molecule has 2 heterocycles. The summed E-state index contributed by atoms with van der Waals surface area (Å²) in [6, 6.07) is 20.7. The number of benzene rings is 3. The Kier molecular flexibility index (Phi) is 8.70. The minimum atomic E-state index is -4.72. The SMILES string of the molecule is [B]N1CCN(c2ccc(N3C(=S)N(c4ccc(C#N)c(C)c4)C(=NC(=S)Nc4ccc(C#N)c(C(F)(F)F)c4)C34CCC4)cc2)CC1. The maximum Gasteiger partial charge on any atom is 0.417 e. The average Bonchev–Trinajstić information content (AvgIpc) is 3.29. The summed E-state index contributed by atoms with van der Waals surface area (Å²) in [5.74, 6) is 0.545. The fourth-order valence-corrected chi connectivity index (χ4v) is 6.97. The van der Waals surface area contributed by atoms with Crippen molar-refractivity contribution >= 4 is 71.2 Å². The Morgan fingerprint density at radius 1 is 0.915 bits per heavy atom. The zero-order valence-corrected chi connectivity index (χ0v) is 27.0. The van der Waals surface area contributed by atoms with Crippen LogP contribution in [-0.4, -0.2) is 60.6 Å². The summed E-state index contributed by atoms with van der Waals surface area (Å²) in [7, 11) is 5.94. The van der Waals surface area contributed by atoms with Crippen LogP contribution >= 0.6 is 24.4 Å². The van der Waals surface area contributed by atoms with Crippen LogP contribution in [0.15, 0.2) is 65.7 Å². The predicted molar refractivity (Wildman–Crippen MR) is 186 cm³/mol. The molecular formula is C33H28BF3N8S2. The van der Waals surface area contributed by atoms with Gasteiger partial charge in [0, 0.05) is 48.9 Å². The van der Waals surface area contributed by atoms with Crippen molar-refractivity contribution in [2.24, 2.45) is 4.99 Å². The van der Waals surface area contributed by atoms with Crippen molar-refractivity contribution in [2.75, 3.05) is 46.2 Å². The highest BCUT2D eigenvalue weighted by Gasteiger charge is 2.58. The first-order valence-corrected chi connectivity index (χ1v) is 15.8. The van der Waals surface area contributed by atoms with Crippen LogP contribution < -0.4 is 20.0 Å². The molecule has 0 aromatic heterocycles. The number of halogens is 3. The molecule has 3 aromatic carbocycles. The molecule has 0 bridgehead atoms. The summed E-state index contributed by atoms with van der Waals surface area (Å²) in [4.78, 5) is 12.9. The maximum absolute atomic E-state index is 13.7. The number of anilines is 4. The van der Waals surface area contributed by atoms with Crippen LogP contribution in [-0.2, 0) is 6.18 Å².